The Bertz CT molecular complexity index is 1240. The normalized spacial score (nSPS) is 14.8. The number of anilines is 2. The maximum atomic E-state index is 9.30. The van der Waals surface area contributed by atoms with Crippen LogP contribution in [0.5, 0.6) is 5.75 Å². The van der Waals surface area contributed by atoms with Gasteiger partial charge < -0.3 is 15.2 Å². The summed E-state index contributed by atoms with van der Waals surface area (Å²) in [5.41, 5.74) is 3.02. The Hall–Kier alpha value is -2.39. The summed E-state index contributed by atoms with van der Waals surface area (Å²) in [6, 6.07) is 11.4. The van der Waals surface area contributed by atoms with E-state index in [1.807, 2.05) is 36.4 Å². The summed E-state index contributed by atoms with van der Waals surface area (Å²) < 4.78 is 5.83. The van der Waals surface area contributed by atoms with E-state index in [1.54, 1.807) is 30.1 Å². The molecule has 5 rings (SSSR count). The average molecular weight is 515 g/mol. The highest BCUT2D eigenvalue weighted by Gasteiger charge is 2.25. The van der Waals surface area contributed by atoms with Crippen molar-refractivity contribution in [3.8, 4) is 5.75 Å². The van der Waals surface area contributed by atoms with E-state index in [1.165, 1.54) is 10.4 Å². The van der Waals surface area contributed by atoms with E-state index in [4.69, 9.17) is 16.3 Å². The van der Waals surface area contributed by atoms with Crippen LogP contribution >= 0.6 is 35.6 Å². The lowest BCUT2D eigenvalue weighted by Gasteiger charge is -2.21. The first kappa shape index (κ1) is 24.7. The van der Waals surface area contributed by atoms with Gasteiger partial charge >= 0.3 is 0 Å². The molecule has 0 aliphatic heterocycles. The Morgan fingerprint density at radius 3 is 2.85 bits per heavy atom. The molecule has 0 spiro atoms. The first-order valence-electron chi connectivity index (χ1n) is 11.1. The summed E-state index contributed by atoms with van der Waals surface area (Å²) in [4.78, 5) is 15.7. The zero-order valence-corrected chi connectivity index (χ0v) is 21.3. The Morgan fingerprint density at radius 1 is 1.21 bits per heavy atom. The minimum absolute atomic E-state index is 0.250. The van der Waals surface area contributed by atoms with Crippen LogP contribution in [0.2, 0.25) is 5.02 Å². The summed E-state index contributed by atoms with van der Waals surface area (Å²) in [6.45, 7) is 0.609. The van der Waals surface area contributed by atoms with Crippen LogP contribution in [0, 0.1) is 5.92 Å². The molecule has 6 nitrogen and oxygen atoms in total. The fourth-order valence-electron chi connectivity index (χ4n) is 4.17. The van der Waals surface area contributed by atoms with Crippen molar-refractivity contribution >= 4 is 57.3 Å². The Morgan fingerprint density at radius 2 is 2.09 bits per heavy atom. The smallest absolute Gasteiger partial charge is 0.142 e. The molecule has 3 aromatic heterocycles. The summed E-state index contributed by atoms with van der Waals surface area (Å²) in [5.74, 6) is 1.95. The van der Waals surface area contributed by atoms with Crippen molar-refractivity contribution in [2.45, 2.75) is 32.3 Å². The van der Waals surface area contributed by atoms with Crippen LogP contribution in [0.3, 0.4) is 0 Å². The number of hydrogen-bond donors (Lipinski definition) is 3. The molecule has 1 unspecified atom stereocenters. The summed E-state index contributed by atoms with van der Waals surface area (Å²) >= 11 is 11.8. The number of aliphatic hydroxyl groups excluding tert-OH is 1. The van der Waals surface area contributed by atoms with Crippen LogP contribution in [0.1, 0.15) is 29.0 Å². The number of aliphatic hydroxyl groups is 1. The molecule has 178 valence electrons. The van der Waals surface area contributed by atoms with Crippen molar-refractivity contribution in [1.82, 2.24) is 15.0 Å². The number of aryl methyl sites for hydroxylation is 1. The van der Waals surface area contributed by atoms with Gasteiger partial charge in [-0.25, -0.2) is 9.97 Å². The molecule has 1 aromatic carbocycles. The van der Waals surface area contributed by atoms with E-state index in [0.717, 1.165) is 53.1 Å². The number of pyridine rings is 1. The summed E-state index contributed by atoms with van der Waals surface area (Å²) in [5, 5.41) is 14.3. The number of nitrogens with zero attached hydrogens (tertiary/aromatic N) is 3. The third-order valence-electron chi connectivity index (χ3n) is 5.78. The van der Waals surface area contributed by atoms with Gasteiger partial charge in [-0.3, -0.25) is 4.98 Å². The highest BCUT2D eigenvalue weighted by molar-refractivity contribution is 7.79. The van der Waals surface area contributed by atoms with Gasteiger partial charge in [0.2, 0.25) is 0 Å². The minimum atomic E-state index is 0.250. The van der Waals surface area contributed by atoms with Crippen LogP contribution in [-0.4, -0.2) is 32.9 Å². The second-order valence-electron chi connectivity index (χ2n) is 7.91. The van der Waals surface area contributed by atoms with E-state index < -0.39 is 0 Å². The van der Waals surface area contributed by atoms with Gasteiger partial charge in [0.15, 0.2) is 0 Å². The number of fused-ring (bicyclic) bond motifs is 3. The second-order valence-corrected chi connectivity index (χ2v) is 9.40. The van der Waals surface area contributed by atoms with Crippen LogP contribution in [-0.2, 0) is 19.4 Å². The number of benzene rings is 1. The molecule has 1 atom stereocenters. The van der Waals surface area contributed by atoms with Gasteiger partial charge in [-0.15, -0.1) is 11.3 Å². The van der Waals surface area contributed by atoms with Crippen molar-refractivity contribution in [2.24, 2.45) is 5.92 Å². The number of thiophene rings is 1. The first-order chi connectivity index (χ1) is 16.7. The molecule has 0 bridgehead atoms. The first-order valence-corrected chi connectivity index (χ1v) is 13.2. The molecule has 0 amide bonds. The van der Waals surface area contributed by atoms with Crippen molar-refractivity contribution in [2.75, 3.05) is 18.2 Å². The number of hydrogen-bond acceptors (Lipinski definition) is 8. The highest BCUT2D eigenvalue weighted by atomic mass is 35.5. The topological polar surface area (TPSA) is 80.2 Å². The van der Waals surface area contributed by atoms with Crippen LogP contribution in [0.25, 0.3) is 10.2 Å². The minimum Gasteiger partial charge on any atom is -0.486 e. The van der Waals surface area contributed by atoms with Gasteiger partial charge in [-0.1, -0.05) is 17.7 Å². The van der Waals surface area contributed by atoms with Crippen LogP contribution in [0.4, 0.5) is 11.5 Å². The van der Waals surface area contributed by atoms with Gasteiger partial charge in [-0.2, -0.15) is 12.6 Å². The van der Waals surface area contributed by atoms with Crippen LogP contribution in [0.15, 0.2) is 48.9 Å². The van der Waals surface area contributed by atoms with Crippen molar-refractivity contribution in [3.63, 3.8) is 0 Å². The third kappa shape index (κ3) is 5.63. The van der Waals surface area contributed by atoms with Gasteiger partial charge in [0.25, 0.3) is 0 Å². The maximum Gasteiger partial charge on any atom is 0.142 e. The molecule has 0 saturated heterocycles. The molecule has 1 aliphatic carbocycles. The molecule has 3 heterocycles. The van der Waals surface area contributed by atoms with E-state index in [0.29, 0.717) is 23.3 Å². The van der Waals surface area contributed by atoms with Gasteiger partial charge in [-0.05, 0) is 73.8 Å². The second kappa shape index (κ2) is 11.8. The zero-order valence-electron chi connectivity index (χ0n) is 18.9. The number of aromatic nitrogens is 3. The standard InChI is InChI=1S/C24H23ClN4O2S.CH4S/c25-19-12-16(5-7-20(19)31-13-17-3-1-2-9-26-17)29-23-22-18-6-4-15(8-10-30)11-21(18)32-24(22)28-14-27-23;1-2/h1-3,5,7,9,12,14-15,30H,4,6,8,10-11,13H2,(H,27,28,29);2H,1H3. The maximum absolute atomic E-state index is 9.30. The fourth-order valence-corrected chi connectivity index (χ4v) is 5.71. The number of nitrogens with one attached hydrogen (secondary N) is 1. The lowest BCUT2D eigenvalue weighted by molar-refractivity contribution is 0.249. The van der Waals surface area contributed by atoms with E-state index in [2.05, 4.69) is 32.9 Å². The SMILES string of the molecule is CS.OCCC1CCc2c(sc3ncnc(Nc4ccc(OCc5ccccn5)c(Cl)c4)c23)C1. The van der Waals surface area contributed by atoms with Gasteiger partial charge in [0.1, 0.15) is 29.3 Å². The highest BCUT2D eigenvalue weighted by Crippen LogP contribution is 2.41. The lowest BCUT2D eigenvalue weighted by Crippen LogP contribution is -2.13. The predicted octanol–water partition coefficient (Wildman–Crippen LogP) is 6.10. The number of halogens is 1. The quantitative estimate of drug-likeness (QED) is 0.259. The van der Waals surface area contributed by atoms with E-state index in [-0.39, 0.29) is 6.61 Å². The molecule has 0 saturated carbocycles. The molecule has 0 fully saturated rings. The Kier molecular flexibility index (Phi) is 8.61. The molecule has 2 N–H and O–H groups in total. The zero-order chi connectivity index (χ0) is 23.9. The van der Waals surface area contributed by atoms with E-state index >= 15 is 0 Å². The summed E-state index contributed by atoms with van der Waals surface area (Å²) in [7, 11) is 0. The number of rotatable bonds is 7. The Balaban J connectivity index is 0.00000133. The molecule has 34 heavy (non-hydrogen) atoms. The molecule has 4 aromatic rings. The monoisotopic (exact) mass is 514 g/mol. The fraction of sp³-hybridized carbons (Fsp3) is 0.320. The van der Waals surface area contributed by atoms with Crippen molar-refractivity contribution in [1.29, 1.82) is 0 Å². The van der Waals surface area contributed by atoms with Gasteiger partial charge in [0, 0.05) is 23.4 Å². The van der Waals surface area contributed by atoms with Gasteiger partial charge in [0.05, 0.1) is 16.1 Å². The predicted molar refractivity (Wildman–Crippen MR) is 143 cm³/mol. The third-order valence-corrected chi connectivity index (χ3v) is 7.24. The largest absolute Gasteiger partial charge is 0.486 e. The van der Waals surface area contributed by atoms with Crippen molar-refractivity contribution in [3.05, 3.63) is 70.1 Å². The molecular formula is C25H27ClN4O2S2. The molecule has 9 heteroatoms. The molecule has 0 radical (unpaired) electrons. The number of thiol groups is 1. The summed E-state index contributed by atoms with van der Waals surface area (Å²) in [6.07, 6.45) is 8.97. The molecular weight excluding hydrogens is 488 g/mol. The molecule has 1 aliphatic rings. The van der Waals surface area contributed by atoms with E-state index in [9.17, 15) is 5.11 Å². The average Bonchev–Trinajstić information content (AvgIpc) is 3.24. The number of ether oxygens (including phenoxy) is 1. The van der Waals surface area contributed by atoms with Crippen LogP contribution < -0.4 is 10.1 Å². The lowest BCUT2D eigenvalue weighted by atomic mass is 9.86. The Labute approximate surface area is 213 Å². The van der Waals surface area contributed by atoms with Crippen molar-refractivity contribution < 1.29 is 9.84 Å².